The highest BCUT2D eigenvalue weighted by Gasteiger charge is 2.32. The number of aromatic nitrogens is 2. The van der Waals surface area contributed by atoms with Crippen LogP contribution in [0.25, 0.3) is 11.1 Å². The fourth-order valence-electron chi connectivity index (χ4n) is 2.58. The van der Waals surface area contributed by atoms with Crippen LogP contribution in [0.2, 0.25) is 0 Å². The third-order valence-corrected chi connectivity index (χ3v) is 3.98. The Hall–Kier alpha value is -3.40. The zero-order valence-electron chi connectivity index (χ0n) is 14.3. The van der Waals surface area contributed by atoms with Crippen LogP contribution in [0, 0.1) is 18.3 Å². The number of rotatable bonds is 4. The number of alkyl halides is 3. The van der Waals surface area contributed by atoms with Crippen molar-refractivity contribution in [1.29, 1.82) is 5.26 Å². The molecule has 0 aliphatic carbocycles. The van der Waals surface area contributed by atoms with E-state index in [1.807, 2.05) is 36.4 Å². The second-order valence-corrected chi connectivity index (χ2v) is 5.79. The molecule has 0 unspecified atom stereocenters. The van der Waals surface area contributed by atoms with Gasteiger partial charge in [0.2, 0.25) is 0 Å². The molecule has 0 radical (unpaired) electrons. The molecule has 0 bridgehead atoms. The van der Waals surface area contributed by atoms with Gasteiger partial charge in [-0.1, -0.05) is 36.4 Å². The molecule has 3 aromatic rings. The number of hydrogen-bond acceptors (Lipinski definition) is 4. The van der Waals surface area contributed by atoms with Gasteiger partial charge >= 0.3 is 6.18 Å². The predicted octanol–water partition coefficient (Wildman–Crippen LogP) is 4.92. The summed E-state index contributed by atoms with van der Waals surface area (Å²) in [6.45, 7) is 1.97. The summed E-state index contributed by atoms with van der Waals surface area (Å²) in [7, 11) is 0. The molecule has 1 aromatic carbocycles. The van der Waals surface area contributed by atoms with E-state index in [4.69, 9.17) is 4.74 Å². The molecule has 4 nitrogen and oxygen atoms in total. The van der Waals surface area contributed by atoms with E-state index in [1.54, 1.807) is 6.92 Å². The maximum atomic E-state index is 12.7. The Morgan fingerprint density at radius 3 is 2.37 bits per heavy atom. The van der Waals surface area contributed by atoms with Crippen molar-refractivity contribution in [3.8, 4) is 22.9 Å². The smallest absolute Gasteiger partial charge is 0.433 e. The van der Waals surface area contributed by atoms with Crippen molar-refractivity contribution in [2.45, 2.75) is 19.7 Å². The van der Waals surface area contributed by atoms with Gasteiger partial charge < -0.3 is 4.74 Å². The Labute approximate surface area is 153 Å². The van der Waals surface area contributed by atoms with Gasteiger partial charge in [-0.15, -0.1) is 0 Å². The average Bonchev–Trinajstić information content (AvgIpc) is 2.67. The quantitative estimate of drug-likeness (QED) is 0.655. The maximum absolute atomic E-state index is 12.7. The molecule has 3 rings (SSSR count). The number of halogens is 3. The van der Waals surface area contributed by atoms with E-state index in [0.717, 1.165) is 17.8 Å². The van der Waals surface area contributed by atoms with Crippen LogP contribution in [-0.4, -0.2) is 9.97 Å². The van der Waals surface area contributed by atoms with Crippen LogP contribution < -0.4 is 4.74 Å². The van der Waals surface area contributed by atoms with E-state index >= 15 is 0 Å². The first-order valence-corrected chi connectivity index (χ1v) is 8.00. The number of hydrogen-bond donors (Lipinski definition) is 0. The molecule has 7 heteroatoms. The molecule has 0 atom stereocenters. The van der Waals surface area contributed by atoms with Crippen molar-refractivity contribution < 1.29 is 17.9 Å². The zero-order valence-corrected chi connectivity index (χ0v) is 14.3. The van der Waals surface area contributed by atoms with E-state index < -0.39 is 11.9 Å². The molecule has 0 saturated carbocycles. The number of ether oxygens (including phenoxy) is 1. The average molecular weight is 369 g/mol. The summed E-state index contributed by atoms with van der Waals surface area (Å²) in [5.74, 6) is 0.304. The van der Waals surface area contributed by atoms with Crippen molar-refractivity contribution in [3.05, 3.63) is 77.4 Å². The van der Waals surface area contributed by atoms with E-state index in [0.29, 0.717) is 22.4 Å². The van der Waals surface area contributed by atoms with E-state index in [-0.39, 0.29) is 12.3 Å². The molecule has 136 valence electrons. The number of nitriles is 1. The molecule has 2 aromatic heterocycles. The lowest BCUT2D eigenvalue weighted by atomic mass is 10.0. The highest BCUT2D eigenvalue weighted by molar-refractivity contribution is 5.69. The summed E-state index contributed by atoms with van der Waals surface area (Å²) in [5.41, 5.74) is 1.69. The monoisotopic (exact) mass is 369 g/mol. The minimum Gasteiger partial charge on any atom is -0.486 e. The van der Waals surface area contributed by atoms with Crippen LogP contribution in [0.3, 0.4) is 0 Å². The third-order valence-electron chi connectivity index (χ3n) is 3.98. The minimum atomic E-state index is -4.50. The Kier molecular flexibility index (Phi) is 5.08. The summed E-state index contributed by atoms with van der Waals surface area (Å²) in [4.78, 5) is 7.56. The van der Waals surface area contributed by atoms with Crippen molar-refractivity contribution in [2.24, 2.45) is 0 Å². The van der Waals surface area contributed by atoms with Gasteiger partial charge in [-0.25, -0.2) is 4.98 Å². The summed E-state index contributed by atoms with van der Waals surface area (Å²) in [6.07, 6.45) is -1.92. The molecule has 0 fully saturated rings. The van der Waals surface area contributed by atoms with Gasteiger partial charge in [0.15, 0.2) is 11.4 Å². The molecular formula is C20H14F3N3O. The lowest BCUT2D eigenvalue weighted by Crippen LogP contribution is -2.07. The second kappa shape index (κ2) is 7.46. The molecule has 27 heavy (non-hydrogen) atoms. The molecule has 0 aliphatic heterocycles. The van der Waals surface area contributed by atoms with Gasteiger partial charge in [-0.05, 0) is 18.6 Å². The Morgan fingerprint density at radius 1 is 1.04 bits per heavy atom. The number of pyridine rings is 2. The first-order chi connectivity index (χ1) is 12.9. The lowest BCUT2D eigenvalue weighted by molar-refractivity contribution is -0.141. The summed E-state index contributed by atoms with van der Waals surface area (Å²) >= 11 is 0. The van der Waals surface area contributed by atoms with Crippen molar-refractivity contribution >= 4 is 0 Å². The Morgan fingerprint density at radius 2 is 1.78 bits per heavy atom. The van der Waals surface area contributed by atoms with Crippen molar-refractivity contribution in [3.63, 3.8) is 0 Å². The molecule has 0 aliphatic rings. The Bertz CT molecular complexity index is 978. The second-order valence-electron chi connectivity index (χ2n) is 5.79. The summed E-state index contributed by atoms with van der Waals surface area (Å²) in [5, 5.41) is 9.30. The maximum Gasteiger partial charge on any atom is 0.433 e. The molecule has 0 amide bonds. The van der Waals surface area contributed by atoms with Crippen LogP contribution in [0.4, 0.5) is 13.2 Å². The van der Waals surface area contributed by atoms with Crippen molar-refractivity contribution in [1.82, 2.24) is 9.97 Å². The van der Waals surface area contributed by atoms with Crippen LogP contribution in [-0.2, 0) is 12.8 Å². The van der Waals surface area contributed by atoms with Gasteiger partial charge in [0.25, 0.3) is 0 Å². The standard InChI is InChI=1S/C20H14F3N3O/c1-13-16(15-7-8-18(26-10-15)20(21,22)23)11-25-17(9-24)19(13)27-12-14-5-3-2-4-6-14/h2-8,10-11H,12H2,1H3. The summed E-state index contributed by atoms with van der Waals surface area (Å²) in [6, 6.07) is 13.6. The third kappa shape index (κ3) is 4.06. The molecule has 0 N–H and O–H groups in total. The fourth-order valence-corrected chi connectivity index (χ4v) is 2.58. The SMILES string of the molecule is Cc1c(-c2ccc(C(F)(F)F)nc2)cnc(C#N)c1OCc1ccccc1. The zero-order chi connectivity index (χ0) is 19.4. The van der Waals surface area contributed by atoms with Crippen LogP contribution in [0.15, 0.2) is 54.9 Å². The highest BCUT2D eigenvalue weighted by atomic mass is 19.4. The molecule has 0 spiro atoms. The predicted molar refractivity (Wildman–Crippen MR) is 92.7 cm³/mol. The van der Waals surface area contributed by atoms with Crippen LogP contribution in [0.5, 0.6) is 5.75 Å². The van der Waals surface area contributed by atoms with E-state index in [9.17, 15) is 18.4 Å². The van der Waals surface area contributed by atoms with Gasteiger partial charge in [-0.2, -0.15) is 18.4 Å². The summed E-state index contributed by atoms with van der Waals surface area (Å²) < 4.78 is 43.9. The van der Waals surface area contributed by atoms with Crippen LogP contribution in [0.1, 0.15) is 22.5 Å². The molecular weight excluding hydrogens is 355 g/mol. The van der Waals surface area contributed by atoms with Gasteiger partial charge in [0, 0.05) is 29.1 Å². The van der Waals surface area contributed by atoms with Gasteiger partial charge in [0.05, 0.1) is 0 Å². The highest BCUT2D eigenvalue weighted by Crippen LogP contribution is 2.33. The fraction of sp³-hybridized carbons (Fsp3) is 0.150. The number of benzene rings is 1. The van der Waals surface area contributed by atoms with Gasteiger partial charge in [-0.3, -0.25) is 4.98 Å². The molecule has 0 saturated heterocycles. The molecule has 2 heterocycles. The van der Waals surface area contributed by atoms with E-state index in [2.05, 4.69) is 9.97 Å². The van der Waals surface area contributed by atoms with E-state index in [1.165, 1.54) is 12.3 Å². The topological polar surface area (TPSA) is 58.8 Å². The first-order valence-electron chi connectivity index (χ1n) is 8.00. The lowest BCUT2D eigenvalue weighted by Gasteiger charge is -2.14. The van der Waals surface area contributed by atoms with Gasteiger partial charge in [0.1, 0.15) is 18.4 Å². The Balaban J connectivity index is 1.94. The minimum absolute atomic E-state index is 0.118. The number of nitrogens with zero attached hydrogens (tertiary/aromatic N) is 3. The van der Waals surface area contributed by atoms with Crippen molar-refractivity contribution in [2.75, 3.05) is 0 Å². The normalized spacial score (nSPS) is 11.1. The largest absolute Gasteiger partial charge is 0.486 e. The first kappa shape index (κ1) is 18.4. The van der Waals surface area contributed by atoms with Crippen LogP contribution >= 0.6 is 0 Å².